The topological polar surface area (TPSA) is 208 Å². The van der Waals surface area contributed by atoms with Gasteiger partial charge in [-0.3, -0.25) is 14.4 Å². The number of quaternary nitrogens is 1. The zero-order valence-corrected chi connectivity index (χ0v) is 31.3. The summed E-state index contributed by atoms with van der Waals surface area (Å²) in [6.45, 7) is 3.81. The number of nitrogen functional groups attached to an aromatic ring is 1. The number of likely N-dealkylation sites (tertiary alicyclic amines) is 1. The summed E-state index contributed by atoms with van der Waals surface area (Å²) in [5.74, 6) is -2.30. The van der Waals surface area contributed by atoms with E-state index in [0.717, 1.165) is 17.1 Å². The molecular weight excluding hydrogens is 759 g/mol. The summed E-state index contributed by atoms with van der Waals surface area (Å²) in [7, 11) is 1.39. The van der Waals surface area contributed by atoms with Crippen LogP contribution in [0.3, 0.4) is 0 Å². The fraction of sp³-hybridized carbons (Fsp3) is 0.417. The van der Waals surface area contributed by atoms with Crippen molar-refractivity contribution in [1.82, 2.24) is 34.1 Å². The van der Waals surface area contributed by atoms with Crippen LogP contribution < -0.4 is 16.8 Å². The van der Waals surface area contributed by atoms with Crippen LogP contribution in [0.2, 0.25) is 5.02 Å². The van der Waals surface area contributed by atoms with Crippen LogP contribution in [0.4, 0.5) is 24.5 Å². The first-order chi connectivity index (χ1) is 26.6. The molecule has 2 saturated heterocycles. The van der Waals surface area contributed by atoms with Crippen LogP contribution in [0.25, 0.3) is 17.1 Å². The van der Waals surface area contributed by atoms with Crippen LogP contribution >= 0.6 is 11.6 Å². The molecule has 6 rings (SSSR count). The number of rotatable bonds is 11. The molecule has 0 radical (unpaired) electrons. The van der Waals surface area contributed by atoms with E-state index in [0.29, 0.717) is 81.8 Å². The molecule has 16 nitrogen and oxygen atoms in total. The lowest BCUT2D eigenvalue weighted by Crippen LogP contribution is -2.63. The zero-order valence-electron chi connectivity index (χ0n) is 30.5. The lowest BCUT2D eigenvalue weighted by Gasteiger charge is -2.45. The quantitative estimate of drug-likeness (QED) is 0.163. The number of aromatic nitrogens is 5. The Morgan fingerprint density at radius 3 is 2.34 bits per heavy atom. The van der Waals surface area contributed by atoms with Crippen LogP contribution in [0.15, 0.2) is 48.9 Å². The molecule has 0 saturated carbocycles. The minimum absolute atomic E-state index is 0.00227. The van der Waals surface area contributed by atoms with Crippen molar-refractivity contribution in [3.8, 4) is 17.1 Å². The second-order valence-corrected chi connectivity index (χ2v) is 14.5. The molecule has 0 bridgehead atoms. The van der Waals surface area contributed by atoms with Gasteiger partial charge in [-0.05, 0) is 49.7 Å². The average molecular weight is 801 g/mol. The van der Waals surface area contributed by atoms with E-state index < -0.39 is 23.7 Å². The lowest BCUT2D eigenvalue weighted by atomic mass is 9.94. The van der Waals surface area contributed by atoms with E-state index >= 15 is 0 Å². The molecule has 0 aliphatic carbocycles. The van der Waals surface area contributed by atoms with E-state index in [4.69, 9.17) is 23.1 Å². The first-order valence-electron chi connectivity index (χ1n) is 18.0. The number of amides is 3. The van der Waals surface area contributed by atoms with E-state index in [9.17, 15) is 37.5 Å². The minimum Gasteiger partial charge on any atom is -0.477 e. The number of benzene rings is 1. The summed E-state index contributed by atoms with van der Waals surface area (Å²) < 4.78 is 44.8. The molecule has 20 heteroatoms. The van der Waals surface area contributed by atoms with Gasteiger partial charge in [-0.15, -0.1) is 0 Å². The Kier molecular flexibility index (Phi) is 11.7. The van der Waals surface area contributed by atoms with Gasteiger partial charge < -0.3 is 40.7 Å². The highest BCUT2D eigenvalue weighted by Crippen LogP contribution is 2.37. The highest BCUT2D eigenvalue weighted by atomic mass is 35.5. The van der Waals surface area contributed by atoms with Crippen molar-refractivity contribution in [2.45, 2.75) is 25.4 Å². The molecule has 0 spiro atoms. The second kappa shape index (κ2) is 16.3. The van der Waals surface area contributed by atoms with Crippen molar-refractivity contribution in [1.29, 1.82) is 0 Å². The van der Waals surface area contributed by atoms with E-state index in [1.54, 1.807) is 9.80 Å². The maximum atomic E-state index is 14.1. The van der Waals surface area contributed by atoms with Gasteiger partial charge in [0.2, 0.25) is 5.91 Å². The predicted molar refractivity (Wildman–Crippen MR) is 199 cm³/mol. The molecule has 2 aliphatic rings. The Morgan fingerprint density at radius 1 is 1.02 bits per heavy atom. The van der Waals surface area contributed by atoms with Gasteiger partial charge in [0.05, 0.1) is 72.6 Å². The molecule has 56 heavy (non-hydrogen) atoms. The predicted octanol–water partition coefficient (Wildman–Crippen LogP) is 3.12. The van der Waals surface area contributed by atoms with Crippen LogP contribution in [-0.4, -0.2) is 126 Å². The molecular formula is C36H42ClF3N11O5+. The number of alkyl halides is 3. The standard InChI is InChI=1S/C36H41ClF3N11O5/c1-47-28(26-20-50(46-31(26)36(38,39)40)29-6-3-23(42)18-43-29)19-44-32(47)33(54)45-24-4-5-25(27(37)17-24)35(56)48-10-7-22(8-11-48)34(55)49-12-15-51(16-13-49,14-2-9-41)21-30(52)53/h3-6,17-20,22H,2,7-16,21,41-42H2,1H3,(H-,45,52,53,54,56)/p+1. The second-order valence-electron chi connectivity index (χ2n) is 14.1. The third kappa shape index (κ3) is 8.63. The molecule has 0 atom stereocenters. The van der Waals surface area contributed by atoms with Crippen LogP contribution in [-0.2, 0) is 22.8 Å². The van der Waals surface area contributed by atoms with Gasteiger partial charge >= 0.3 is 12.1 Å². The number of hydrogen-bond acceptors (Lipinski definition) is 9. The SMILES string of the molecule is Cn1c(-c2cn(-c3ccc(N)cn3)nc2C(F)(F)F)cnc1C(=O)Nc1ccc(C(=O)N2CCC(C(=O)N3CC[N+](CCCN)(CC(=O)O)CC3)CC2)c(Cl)c1. The maximum absolute atomic E-state index is 14.1. The summed E-state index contributed by atoms with van der Waals surface area (Å²) in [4.78, 5) is 63.2. The number of hydrogen-bond donors (Lipinski definition) is 4. The van der Waals surface area contributed by atoms with Crippen LogP contribution in [0, 0.1) is 5.92 Å². The molecule has 2 aliphatic heterocycles. The molecule has 2 fully saturated rings. The smallest absolute Gasteiger partial charge is 0.435 e. The third-order valence-corrected chi connectivity index (χ3v) is 10.7. The largest absolute Gasteiger partial charge is 0.477 e. The summed E-state index contributed by atoms with van der Waals surface area (Å²) in [5.41, 5.74) is 10.5. The van der Waals surface area contributed by atoms with E-state index in [1.165, 1.54) is 48.1 Å². The normalized spacial score (nSPS) is 16.2. The number of carboxylic acids is 1. The number of anilines is 2. The van der Waals surface area contributed by atoms with Crippen molar-refractivity contribution in [3.63, 3.8) is 0 Å². The van der Waals surface area contributed by atoms with Gasteiger partial charge in [0.25, 0.3) is 11.8 Å². The number of carbonyl (C=O) groups excluding carboxylic acids is 3. The Hall–Kier alpha value is -5.53. The number of carbonyl (C=O) groups is 4. The molecule has 3 aromatic heterocycles. The summed E-state index contributed by atoms with van der Waals surface area (Å²) in [6, 6.07) is 7.24. The molecule has 1 aromatic carbocycles. The number of pyridine rings is 1. The first kappa shape index (κ1) is 40.1. The minimum atomic E-state index is -4.83. The average Bonchev–Trinajstić information content (AvgIpc) is 3.78. The number of aliphatic carboxylic acids is 1. The van der Waals surface area contributed by atoms with E-state index in [2.05, 4.69) is 20.4 Å². The summed E-state index contributed by atoms with van der Waals surface area (Å²) >= 11 is 6.52. The number of imidazole rings is 1. The van der Waals surface area contributed by atoms with Gasteiger partial charge in [-0.1, -0.05) is 11.6 Å². The van der Waals surface area contributed by atoms with Crippen molar-refractivity contribution >= 4 is 46.7 Å². The zero-order chi connectivity index (χ0) is 40.4. The van der Waals surface area contributed by atoms with Crippen molar-refractivity contribution < 1.29 is 41.9 Å². The third-order valence-electron chi connectivity index (χ3n) is 10.4. The van der Waals surface area contributed by atoms with Crippen LogP contribution in [0.5, 0.6) is 0 Å². The number of halogens is 4. The van der Waals surface area contributed by atoms with Crippen molar-refractivity contribution in [2.75, 3.05) is 70.0 Å². The van der Waals surface area contributed by atoms with Gasteiger partial charge in [0.15, 0.2) is 23.9 Å². The molecule has 3 amide bonds. The number of carboxylic acid groups (broad SMARTS) is 1. The van der Waals surface area contributed by atoms with E-state index in [1.807, 2.05) is 0 Å². The monoisotopic (exact) mass is 800 g/mol. The molecule has 5 heterocycles. The highest BCUT2D eigenvalue weighted by Gasteiger charge is 2.40. The maximum Gasteiger partial charge on any atom is 0.435 e. The number of piperazine rings is 1. The highest BCUT2D eigenvalue weighted by molar-refractivity contribution is 6.34. The van der Waals surface area contributed by atoms with Gasteiger partial charge in [0, 0.05) is 44.4 Å². The van der Waals surface area contributed by atoms with Crippen LogP contribution in [0.1, 0.15) is 45.9 Å². The Bertz CT molecular complexity index is 2110. The first-order valence-corrected chi connectivity index (χ1v) is 18.3. The van der Waals surface area contributed by atoms with Gasteiger partial charge in [-0.25, -0.2) is 19.4 Å². The molecule has 298 valence electrons. The molecule has 4 aromatic rings. The number of nitrogens with two attached hydrogens (primary N) is 2. The fourth-order valence-electron chi connectivity index (χ4n) is 7.29. The van der Waals surface area contributed by atoms with Crippen molar-refractivity contribution in [3.05, 3.63) is 71.0 Å². The lowest BCUT2D eigenvalue weighted by molar-refractivity contribution is -0.925. The molecule has 6 N–H and O–H groups in total. The van der Waals surface area contributed by atoms with Gasteiger partial charge in [0.1, 0.15) is 0 Å². The van der Waals surface area contributed by atoms with E-state index in [-0.39, 0.29) is 63.5 Å². The fourth-order valence-corrected chi connectivity index (χ4v) is 7.55. The number of piperidine rings is 1. The summed E-state index contributed by atoms with van der Waals surface area (Å²) in [6.07, 6.45) is 0.369. The Balaban J connectivity index is 1.06. The van der Waals surface area contributed by atoms with Gasteiger partial charge in [-0.2, -0.15) is 18.3 Å². The molecule has 0 unspecified atom stereocenters. The van der Waals surface area contributed by atoms with Crippen molar-refractivity contribution in [2.24, 2.45) is 18.7 Å². The Labute approximate surface area is 324 Å². The number of nitrogens with zero attached hydrogens (tertiary/aromatic N) is 8. The number of nitrogens with one attached hydrogen (secondary N) is 1. The Morgan fingerprint density at radius 2 is 1.73 bits per heavy atom. The summed E-state index contributed by atoms with van der Waals surface area (Å²) in [5, 5.41) is 15.8.